The van der Waals surface area contributed by atoms with E-state index in [0.717, 1.165) is 11.5 Å². The van der Waals surface area contributed by atoms with Gasteiger partial charge in [0.05, 0.1) is 11.7 Å². The van der Waals surface area contributed by atoms with Crippen LogP contribution in [0.25, 0.3) is 0 Å². The van der Waals surface area contributed by atoms with Crippen LogP contribution in [0.15, 0.2) is 0 Å². The second kappa shape index (κ2) is 6.04. The van der Waals surface area contributed by atoms with Crippen LogP contribution < -0.4 is 0 Å². The number of amides is 1. The van der Waals surface area contributed by atoms with Crippen molar-refractivity contribution >= 4 is 23.2 Å². The maximum Gasteiger partial charge on any atom is 0.267 e. The van der Waals surface area contributed by atoms with E-state index in [1.165, 1.54) is 11.8 Å². The van der Waals surface area contributed by atoms with Crippen molar-refractivity contribution in [1.29, 1.82) is 0 Å². The lowest BCUT2D eigenvalue weighted by molar-refractivity contribution is -0.121. The zero-order chi connectivity index (χ0) is 13.9. The first-order valence-corrected chi connectivity index (χ1v) is 6.68. The van der Waals surface area contributed by atoms with Crippen LogP contribution >= 0.6 is 11.5 Å². The molecule has 0 saturated heterocycles. The van der Waals surface area contributed by atoms with E-state index < -0.39 is 0 Å². The standard InChI is InChI=1S/C12H19N3O2S/c1-7(2)6-10(9(4)16)15(5)12(17)11-8(3)13-14-18-11/h7,10H,6H2,1-5H3/t10-/m1/s1. The van der Waals surface area contributed by atoms with Crippen molar-refractivity contribution in [2.75, 3.05) is 7.05 Å². The molecule has 0 aromatic carbocycles. The van der Waals surface area contributed by atoms with Gasteiger partial charge in [0.1, 0.15) is 4.88 Å². The van der Waals surface area contributed by atoms with Crippen LogP contribution in [0.2, 0.25) is 0 Å². The van der Waals surface area contributed by atoms with Gasteiger partial charge in [-0.05, 0) is 37.7 Å². The van der Waals surface area contributed by atoms with Crippen molar-refractivity contribution in [2.45, 2.75) is 40.2 Å². The zero-order valence-electron chi connectivity index (χ0n) is 11.4. The van der Waals surface area contributed by atoms with Crippen molar-refractivity contribution in [3.63, 3.8) is 0 Å². The quantitative estimate of drug-likeness (QED) is 0.819. The highest BCUT2D eigenvalue weighted by atomic mass is 32.1. The van der Waals surface area contributed by atoms with Crippen LogP contribution in [-0.2, 0) is 4.79 Å². The summed E-state index contributed by atoms with van der Waals surface area (Å²) in [5.41, 5.74) is 0.615. The molecule has 0 aliphatic heterocycles. The Balaban J connectivity index is 2.90. The van der Waals surface area contributed by atoms with E-state index in [1.54, 1.807) is 14.0 Å². The molecule has 0 bridgehead atoms. The summed E-state index contributed by atoms with van der Waals surface area (Å²) < 4.78 is 3.75. The van der Waals surface area contributed by atoms with E-state index >= 15 is 0 Å². The Kier molecular flexibility index (Phi) is 4.95. The van der Waals surface area contributed by atoms with Gasteiger partial charge < -0.3 is 4.90 Å². The van der Waals surface area contributed by atoms with Crippen molar-refractivity contribution in [1.82, 2.24) is 14.5 Å². The maximum atomic E-state index is 12.3. The fraction of sp³-hybridized carbons (Fsp3) is 0.667. The zero-order valence-corrected chi connectivity index (χ0v) is 12.2. The lowest BCUT2D eigenvalue weighted by Gasteiger charge is -2.27. The number of likely N-dealkylation sites (N-methyl/N-ethyl adjacent to an activating group) is 1. The molecule has 1 aromatic heterocycles. The van der Waals surface area contributed by atoms with E-state index in [9.17, 15) is 9.59 Å². The Labute approximate surface area is 111 Å². The third kappa shape index (κ3) is 3.35. The first-order chi connectivity index (χ1) is 8.34. The Morgan fingerprint density at radius 1 is 1.39 bits per heavy atom. The largest absolute Gasteiger partial charge is 0.331 e. The van der Waals surface area contributed by atoms with Gasteiger partial charge >= 0.3 is 0 Å². The fourth-order valence-corrected chi connectivity index (χ4v) is 2.41. The predicted octanol–water partition coefficient (Wildman–Crippen LogP) is 1.92. The average molecular weight is 269 g/mol. The minimum absolute atomic E-state index is 0.00896. The first kappa shape index (κ1) is 14.8. The van der Waals surface area contributed by atoms with Gasteiger partial charge in [0, 0.05) is 7.05 Å². The lowest BCUT2D eigenvalue weighted by atomic mass is 9.99. The van der Waals surface area contributed by atoms with Crippen LogP contribution in [0.1, 0.15) is 42.6 Å². The van der Waals surface area contributed by atoms with Crippen LogP contribution in [0.4, 0.5) is 0 Å². The van der Waals surface area contributed by atoms with Gasteiger partial charge in [-0.3, -0.25) is 9.59 Å². The predicted molar refractivity (Wildman–Crippen MR) is 70.7 cm³/mol. The Hall–Kier alpha value is -1.30. The molecule has 1 aromatic rings. The summed E-state index contributed by atoms with van der Waals surface area (Å²) in [6.45, 7) is 7.34. The van der Waals surface area contributed by atoms with Crippen molar-refractivity contribution in [2.24, 2.45) is 5.92 Å². The van der Waals surface area contributed by atoms with Crippen molar-refractivity contribution in [3.8, 4) is 0 Å². The molecule has 0 aliphatic carbocycles. The van der Waals surface area contributed by atoms with Crippen molar-refractivity contribution in [3.05, 3.63) is 10.6 Å². The van der Waals surface area contributed by atoms with Gasteiger partial charge in [-0.25, -0.2) is 0 Å². The first-order valence-electron chi connectivity index (χ1n) is 5.91. The number of nitrogens with zero attached hydrogens (tertiary/aromatic N) is 3. The molecular weight excluding hydrogens is 250 g/mol. The van der Waals surface area contributed by atoms with Crippen LogP contribution in [-0.4, -0.2) is 39.3 Å². The molecule has 1 heterocycles. The molecule has 6 heteroatoms. The summed E-state index contributed by atoms with van der Waals surface area (Å²) in [4.78, 5) is 25.9. The van der Waals surface area contributed by atoms with Gasteiger partial charge in [0.2, 0.25) is 0 Å². The minimum atomic E-state index is -0.376. The highest BCUT2D eigenvalue weighted by Crippen LogP contribution is 2.17. The highest BCUT2D eigenvalue weighted by molar-refractivity contribution is 7.07. The molecule has 1 amide bonds. The Morgan fingerprint density at radius 3 is 2.39 bits per heavy atom. The minimum Gasteiger partial charge on any atom is -0.331 e. The second-order valence-corrected chi connectivity index (χ2v) is 5.61. The molecule has 0 saturated carbocycles. The van der Waals surface area contributed by atoms with Gasteiger partial charge in [0.15, 0.2) is 5.78 Å². The average Bonchev–Trinajstić information content (AvgIpc) is 2.69. The SMILES string of the molecule is CC(=O)[C@@H](CC(C)C)N(C)C(=O)c1snnc1C. The number of aromatic nitrogens is 2. The third-order valence-corrected chi connectivity index (χ3v) is 3.61. The monoisotopic (exact) mass is 269 g/mol. The molecular formula is C12H19N3O2S. The van der Waals surface area contributed by atoms with Crippen molar-refractivity contribution < 1.29 is 9.59 Å². The summed E-state index contributed by atoms with van der Waals surface area (Å²) in [6.07, 6.45) is 0.669. The molecule has 18 heavy (non-hydrogen) atoms. The molecule has 0 aliphatic rings. The van der Waals surface area contributed by atoms with Crippen LogP contribution in [0, 0.1) is 12.8 Å². The van der Waals surface area contributed by atoms with E-state index in [-0.39, 0.29) is 17.7 Å². The maximum absolute atomic E-state index is 12.3. The number of Topliss-reactive ketones (excluding diaryl/α,β-unsaturated/α-hetero) is 1. The number of carbonyl (C=O) groups is 2. The molecule has 0 spiro atoms. The number of hydrogen-bond acceptors (Lipinski definition) is 5. The summed E-state index contributed by atoms with van der Waals surface area (Å²) >= 11 is 1.07. The van der Waals surface area contributed by atoms with Gasteiger partial charge in [-0.2, -0.15) is 0 Å². The molecule has 0 unspecified atom stereocenters. The Bertz CT molecular complexity index is 442. The molecule has 0 fully saturated rings. The molecule has 0 radical (unpaired) electrons. The van der Waals surface area contributed by atoms with E-state index in [0.29, 0.717) is 22.9 Å². The molecule has 0 N–H and O–H groups in total. The molecule has 5 nitrogen and oxygen atoms in total. The number of ketones is 1. The second-order valence-electron chi connectivity index (χ2n) is 4.86. The molecule has 1 rings (SSSR count). The fourth-order valence-electron chi connectivity index (χ4n) is 1.77. The van der Waals surface area contributed by atoms with Crippen LogP contribution in [0.3, 0.4) is 0 Å². The third-order valence-electron chi connectivity index (χ3n) is 2.80. The van der Waals surface area contributed by atoms with E-state index in [4.69, 9.17) is 0 Å². The normalized spacial score (nSPS) is 12.6. The van der Waals surface area contributed by atoms with Gasteiger partial charge in [-0.15, -0.1) is 5.10 Å². The number of carbonyl (C=O) groups excluding carboxylic acids is 2. The summed E-state index contributed by atoms with van der Waals surface area (Å²) in [7, 11) is 1.66. The summed E-state index contributed by atoms with van der Waals surface area (Å²) in [5, 5.41) is 3.82. The topological polar surface area (TPSA) is 63.2 Å². The van der Waals surface area contributed by atoms with Gasteiger partial charge in [0.25, 0.3) is 5.91 Å². The number of rotatable bonds is 5. The highest BCUT2D eigenvalue weighted by Gasteiger charge is 2.27. The number of hydrogen-bond donors (Lipinski definition) is 0. The Morgan fingerprint density at radius 2 is 2.00 bits per heavy atom. The molecule has 1 atom stereocenters. The smallest absolute Gasteiger partial charge is 0.267 e. The summed E-state index contributed by atoms with van der Waals surface area (Å²) in [6, 6.07) is -0.376. The van der Waals surface area contributed by atoms with E-state index in [2.05, 4.69) is 9.59 Å². The summed E-state index contributed by atoms with van der Waals surface area (Å²) in [5.74, 6) is 0.188. The van der Waals surface area contributed by atoms with Crippen LogP contribution in [0.5, 0.6) is 0 Å². The molecule has 100 valence electrons. The number of aryl methyl sites for hydroxylation is 1. The lowest BCUT2D eigenvalue weighted by Crippen LogP contribution is -2.42. The van der Waals surface area contributed by atoms with Gasteiger partial charge in [-0.1, -0.05) is 18.3 Å². The van der Waals surface area contributed by atoms with E-state index in [1.807, 2.05) is 13.8 Å².